The van der Waals surface area contributed by atoms with Gasteiger partial charge in [0.2, 0.25) is 5.91 Å². The van der Waals surface area contributed by atoms with Gasteiger partial charge in [0.1, 0.15) is 23.8 Å². The van der Waals surface area contributed by atoms with Crippen molar-refractivity contribution in [3.05, 3.63) is 65.1 Å². The van der Waals surface area contributed by atoms with E-state index in [1.54, 1.807) is 23.1 Å². The van der Waals surface area contributed by atoms with Crippen molar-refractivity contribution in [3.8, 4) is 0 Å². The van der Waals surface area contributed by atoms with E-state index in [-0.39, 0.29) is 23.6 Å². The largest absolute Gasteiger partial charge is 0.451 e. The molecule has 0 aliphatic carbocycles. The molecule has 4 aromatic rings. The maximum atomic E-state index is 13.6. The molecule has 3 heterocycles. The van der Waals surface area contributed by atoms with E-state index in [1.807, 2.05) is 43.0 Å². The van der Waals surface area contributed by atoms with E-state index in [4.69, 9.17) is 21.8 Å². The second-order valence-corrected chi connectivity index (χ2v) is 9.42. The highest BCUT2D eigenvalue weighted by Crippen LogP contribution is 2.28. The van der Waals surface area contributed by atoms with Gasteiger partial charge in [-0.05, 0) is 49.2 Å². The summed E-state index contributed by atoms with van der Waals surface area (Å²) < 4.78 is 5.81. The van der Waals surface area contributed by atoms with Crippen LogP contribution >= 0.6 is 11.6 Å². The smallest absolute Gasteiger partial charge is 0.290 e. The quantitative estimate of drug-likeness (QED) is 0.435. The highest BCUT2D eigenvalue weighted by molar-refractivity contribution is 6.31. The molecule has 1 fully saturated rings. The van der Waals surface area contributed by atoms with Crippen LogP contribution in [0.3, 0.4) is 0 Å². The number of piperazine rings is 1. The third-order valence-electron chi connectivity index (χ3n) is 6.54. The predicted octanol–water partition coefficient (Wildman–Crippen LogP) is 4.65. The topological polar surface area (TPSA) is 106 Å². The van der Waals surface area contributed by atoms with Gasteiger partial charge in [-0.2, -0.15) is 0 Å². The first-order chi connectivity index (χ1) is 16.9. The van der Waals surface area contributed by atoms with Gasteiger partial charge in [-0.15, -0.1) is 0 Å². The van der Waals surface area contributed by atoms with Crippen LogP contribution in [0.4, 0.5) is 5.82 Å². The predicted molar refractivity (Wildman–Crippen MR) is 135 cm³/mol. The maximum Gasteiger partial charge on any atom is 0.290 e. The summed E-state index contributed by atoms with van der Waals surface area (Å²) in [4.78, 5) is 39.0. The Morgan fingerprint density at radius 3 is 2.83 bits per heavy atom. The summed E-state index contributed by atoms with van der Waals surface area (Å²) in [6.07, 6.45) is 2.77. The molecule has 2 atom stereocenters. The number of hydrogen-bond acceptors (Lipinski definition) is 6. The molecule has 0 unspecified atom stereocenters. The van der Waals surface area contributed by atoms with Crippen molar-refractivity contribution in [1.82, 2.24) is 19.8 Å². The van der Waals surface area contributed by atoms with Gasteiger partial charge in [0, 0.05) is 41.0 Å². The van der Waals surface area contributed by atoms with Gasteiger partial charge in [-0.25, -0.2) is 9.97 Å². The van der Waals surface area contributed by atoms with Crippen molar-refractivity contribution in [2.24, 2.45) is 0 Å². The van der Waals surface area contributed by atoms with Crippen molar-refractivity contribution >= 4 is 51.1 Å². The number of carbonyl (C=O) groups excluding carboxylic acids is 2. The number of nitrogens with two attached hydrogens (primary N) is 1. The maximum absolute atomic E-state index is 13.6. The summed E-state index contributed by atoms with van der Waals surface area (Å²) in [7, 11) is 0. The second-order valence-electron chi connectivity index (χ2n) is 8.98. The third-order valence-corrected chi connectivity index (χ3v) is 6.77. The lowest BCUT2D eigenvalue weighted by atomic mass is 10.0. The number of hydrogen-bond donors (Lipinski definition) is 1. The summed E-state index contributed by atoms with van der Waals surface area (Å²) in [5.41, 5.74) is 8.17. The van der Waals surface area contributed by atoms with Crippen LogP contribution in [0.25, 0.3) is 21.9 Å². The van der Waals surface area contributed by atoms with Crippen molar-refractivity contribution in [2.75, 3.05) is 12.3 Å². The number of halogens is 1. The zero-order valence-corrected chi connectivity index (χ0v) is 20.3. The Balaban J connectivity index is 1.41. The Labute approximate surface area is 207 Å². The van der Waals surface area contributed by atoms with Crippen molar-refractivity contribution in [2.45, 2.75) is 45.3 Å². The number of carbonyl (C=O) groups is 2. The highest BCUT2D eigenvalue weighted by Gasteiger charge is 2.41. The molecular formula is C26H26ClN5O3. The van der Waals surface area contributed by atoms with Gasteiger partial charge in [-0.1, -0.05) is 31.0 Å². The molecular weight excluding hydrogens is 466 g/mol. The molecule has 35 heavy (non-hydrogen) atoms. The lowest BCUT2D eigenvalue weighted by molar-refractivity contribution is -0.144. The minimum absolute atomic E-state index is 0.0691. The highest BCUT2D eigenvalue weighted by atomic mass is 35.5. The molecule has 1 saturated heterocycles. The molecule has 2 aromatic heterocycles. The number of furan rings is 1. The van der Waals surface area contributed by atoms with Crippen LogP contribution in [0.2, 0.25) is 5.02 Å². The number of aromatic nitrogens is 2. The van der Waals surface area contributed by atoms with Gasteiger partial charge in [-0.3, -0.25) is 9.59 Å². The molecule has 0 spiro atoms. The molecule has 1 aliphatic rings. The van der Waals surface area contributed by atoms with E-state index in [0.29, 0.717) is 35.9 Å². The Kier molecular flexibility index (Phi) is 6.06. The van der Waals surface area contributed by atoms with E-state index in [0.717, 1.165) is 28.3 Å². The lowest BCUT2D eigenvalue weighted by Gasteiger charge is -2.44. The van der Waals surface area contributed by atoms with Gasteiger partial charge < -0.3 is 20.0 Å². The summed E-state index contributed by atoms with van der Waals surface area (Å²) in [5, 5.41) is 2.11. The molecule has 5 rings (SSSR count). The minimum atomic E-state index is -0.557. The Bertz CT molecular complexity index is 1440. The SMILES string of the molecule is CCC[C@H]1C(=O)N(Cc2ccc3c(N)ncnc3c2)[C@@H](C)CN1C(=O)c1cc2ccc(Cl)cc2o1. The first-order valence-electron chi connectivity index (χ1n) is 11.7. The normalized spacial score (nSPS) is 18.5. The van der Waals surface area contributed by atoms with E-state index in [9.17, 15) is 9.59 Å². The molecule has 8 nitrogen and oxygen atoms in total. The Morgan fingerprint density at radius 2 is 2.03 bits per heavy atom. The van der Waals surface area contributed by atoms with Crippen molar-refractivity contribution < 1.29 is 14.0 Å². The number of fused-ring (bicyclic) bond motifs is 2. The fourth-order valence-electron chi connectivity index (χ4n) is 4.73. The monoisotopic (exact) mass is 491 g/mol. The van der Waals surface area contributed by atoms with E-state index in [2.05, 4.69) is 9.97 Å². The molecule has 0 radical (unpaired) electrons. The lowest BCUT2D eigenvalue weighted by Crippen LogP contribution is -2.61. The van der Waals surface area contributed by atoms with Gasteiger partial charge in [0.05, 0.1) is 5.52 Å². The molecule has 2 aromatic carbocycles. The fourth-order valence-corrected chi connectivity index (χ4v) is 4.90. The molecule has 0 saturated carbocycles. The van der Waals surface area contributed by atoms with E-state index < -0.39 is 6.04 Å². The second kappa shape index (κ2) is 9.19. The number of nitrogen functional groups attached to an aromatic ring is 1. The Hall–Kier alpha value is -3.65. The number of benzene rings is 2. The zero-order chi connectivity index (χ0) is 24.7. The van der Waals surface area contributed by atoms with Crippen LogP contribution in [-0.2, 0) is 11.3 Å². The molecule has 180 valence electrons. The molecule has 1 aliphatic heterocycles. The standard InChI is InChI=1S/C26H26ClN5O3/c1-3-4-21-25(33)31(13-16-5-8-19-20(9-16)29-14-30-24(19)28)15(2)12-32(21)26(34)23-10-17-6-7-18(27)11-22(17)35-23/h5-11,14-15,21H,3-4,12-13H2,1-2H3,(H2,28,29,30)/t15-,21-/m0/s1. The molecule has 2 N–H and O–H groups in total. The summed E-state index contributed by atoms with van der Waals surface area (Å²) in [6.45, 7) is 4.80. The Morgan fingerprint density at radius 1 is 1.20 bits per heavy atom. The number of anilines is 1. The average molecular weight is 492 g/mol. The summed E-state index contributed by atoms with van der Waals surface area (Å²) in [6, 6.07) is 12.0. The number of nitrogens with zero attached hydrogens (tertiary/aromatic N) is 4. The fraction of sp³-hybridized carbons (Fsp3) is 0.308. The van der Waals surface area contributed by atoms with E-state index >= 15 is 0 Å². The number of rotatable bonds is 5. The van der Waals surface area contributed by atoms with Crippen LogP contribution in [0.5, 0.6) is 0 Å². The first-order valence-corrected chi connectivity index (χ1v) is 12.0. The van der Waals surface area contributed by atoms with Crippen molar-refractivity contribution in [1.29, 1.82) is 0 Å². The van der Waals surface area contributed by atoms with Crippen LogP contribution in [-0.4, -0.2) is 50.2 Å². The van der Waals surface area contributed by atoms with Crippen LogP contribution in [0.15, 0.2) is 53.2 Å². The van der Waals surface area contributed by atoms with Crippen LogP contribution in [0.1, 0.15) is 42.8 Å². The summed E-state index contributed by atoms with van der Waals surface area (Å²) >= 11 is 6.06. The van der Waals surface area contributed by atoms with Gasteiger partial charge in [0.15, 0.2) is 5.76 Å². The van der Waals surface area contributed by atoms with Crippen molar-refractivity contribution in [3.63, 3.8) is 0 Å². The first kappa shape index (κ1) is 23.1. The third kappa shape index (κ3) is 4.30. The van der Waals surface area contributed by atoms with Gasteiger partial charge in [0.25, 0.3) is 5.91 Å². The summed E-state index contributed by atoms with van der Waals surface area (Å²) in [5.74, 6) is 0.284. The number of amides is 2. The van der Waals surface area contributed by atoms with Crippen LogP contribution in [0, 0.1) is 0 Å². The zero-order valence-electron chi connectivity index (χ0n) is 19.6. The minimum Gasteiger partial charge on any atom is -0.451 e. The molecule has 0 bridgehead atoms. The average Bonchev–Trinajstić information content (AvgIpc) is 3.26. The van der Waals surface area contributed by atoms with Crippen LogP contribution < -0.4 is 5.73 Å². The van der Waals surface area contributed by atoms with Gasteiger partial charge >= 0.3 is 0 Å². The molecule has 9 heteroatoms. The van der Waals surface area contributed by atoms with E-state index in [1.165, 1.54) is 6.33 Å². The molecule has 2 amide bonds.